The van der Waals surface area contributed by atoms with Gasteiger partial charge in [-0.05, 0) is 17.0 Å². The number of hydrogen-bond acceptors (Lipinski definition) is 1. The Morgan fingerprint density at radius 2 is 1.69 bits per heavy atom. The molecule has 0 unspecified atom stereocenters. The van der Waals surface area contributed by atoms with Gasteiger partial charge in [-0.25, -0.2) is 0 Å². The smallest absolute Gasteiger partial charge is 0.305 e. The number of nitrogens with one attached hydrogen (secondary N) is 1. The quantitative estimate of drug-likeness (QED) is 0.836. The number of alkyl halides is 3. The Labute approximate surface area is 93.7 Å². The van der Waals surface area contributed by atoms with E-state index in [1.165, 1.54) is 5.56 Å². The summed E-state index contributed by atoms with van der Waals surface area (Å²) in [5.41, 5.74) is 2.06. The van der Waals surface area contributed by atoms with Gasteiger partial charge in [-0.1, -0.05) is 38.1 Å². The molecule has 16 heavy (non-hydrogen) atoms. The summed E-state index contributed by atoms with van der Waals surface area (Å²) in [5.74, 6) is 0.442. The topological polar surface area (TPSA) is 12.0 Å². The summed E-state index contributed by atoms with van der Waals surface area (Å²) >= 11 is 0. The van der Waals surface area contributed by atoms with Gasteiger partial charge in [0, 0.05) is 6.54 Å². The summed E-state index contributed by atoms with van der Waals surface area (Å²) in [7, 11) is 0. The predicted molar refractivity (Wildman–Crippen MR) is 58.3 cm³/mol. The highest BCUT2D eigenvalue weighted by Crippen LogP contribution is 2.15. The molecule has 0 aliphatic rings. The largest absolute Gasteiger partial charge is 0.401 e. The van der Waals surface area contributed by atoms with E-state index in [1.54, 1.807) is 0 Å². The Balaban J connectivity index is 2.44. The molecule has 90 valence electrons. The standard InChI is InChI=1S/C12H16F3N/c1-9(2)11-5-3-10(4-6-11)7-16-8-12(13,14)15/h3-6,9,16H,7-8H2,1-2H3. The van der Waals surface area contributed by atoms with Crippen molar-refractivity contribution in [1.82, 2.24) is 5.32 Å². The predicted octanol–water partition coefficient (Wildman–Crippen LogP) is 3.46. The Morgan fingerprint density at radius 3 is 2.12 bits per heavy atom. The minimum Gasteiger partial charge on any atom is -0.305 e. The van der Waals surface area contributed by atoms with Crippen molar-refractivity contribution >= 4 is 0 Å². The summed E-state index contributed by atoms with van der Waals surface area (Å²) in [6.07, 6.45) is -4.14. The molecule has 0 aliphatic heterocycles. The fourth-order valence-corrected chi connectivity index (χ4v) is 1.37. The van der Waals surface area contributed by atoms with Crippen LogP contribution in [0.3, 0.4) is 0 Å². The van der Waals surface area contributed by atoms with Gasteiger partial charge in [0.05, 0.1) is 6.54 Å². The minimum absolute atomic E-state index is 0.248. The van der Waals surface area contributed by atoms with Crippen molar-refractivity contribution in [2.45, 2.75) is 32.5 Å². The summed E-state index contributed by atoms with van der Waals surface area (Å²) in [6.45, 7) is 3.46. The van der Waals surface area contributed by atoms with Crippen LogP contribution in [0.5, 0.6) is 0 Å². The van der Waals surface area contributed by atoms with Crippen LogP contribution in [0.2, 0.25) is 0 Å². The van der Waals surface area contributed by atoms with Crippen LogP contribution in [0.15, 0.2) is 24.3 Å². The maximum absolute atomic E-state index is 11.9. The summed E-state index contributed by atoms with van der Waals surface area (Å²) < 4.78 is 35.6. The van der Waals surface area contributed by atoms with Crippen LogP contribution in [0.1, 0.15) is 30.9 Å². The molecule has 0 radical (unpaired) electrons. The number of hydrogen-bond donors (Lipinski definition) is 1. The van der Waals surface area contributed by atoms with Crippen LogP contribution in [0.4, 0.5) is 13.2 Å². The van der Waals surface area contributed by atoms with E-state index in [4.69, 9.17) is 0 Å². The molecule has 0 saturated carbocycles. The highest BCUT2D eigenvalue weighted by molar-refractivity contribution is 5.24. The first kappa shape index (κ1) is 13.0. The second-order valence-corrected chi connectivity index (χ2v) is 4.12. The number of benzene rings is 1. The van der Waals surface area contributed by atoms with Crippen LogP contribution in [0.25, 0.3) is 0 Å². The van der Waals surface area contributed by atoms with Crippen LogP contribution in [0, 0.1) is 0 Å². The summed E-state index contributed by atoms with van der Waals surface area (Å²) in [5, 5.41) is 2.37. The van der Waals surface area contributed by atoms with Gasteiger partial charge in [-0.15, -0.1) is 0 Å². The van der Waals surface area contributed by atoms with Crippen molar-refractivity contribution in [3.63, 3.8) is 0 Å². The monoisotopic (exact) mass is 231 g/mol. The summed E-state index contributed by atoms with van der Waals surface area (Å²) in [6, 6.07) is 7.63. The van der Waals surface area contributed by atoms with Crippen molar-refractivity contribution in [1.29, 1.82) is 0 Å². The van der Waals surface area contributed by atoms with Crippen LogP contribution >= 0.6 is 0 Å². The molecule has 1 aromatic rings. The van der Waals surface area contributed by atoms with Gasteiger partial charge in [0.1, 0.15) is 0 Å². The molecule has 1 nitrogen and oxygen atoms in total. The molecule has 0 bridgehead atoms. The van der Waals surface area contributed by atoms with Crippen LogP contribution in [-0.2, 0) is 6.54 Å². The molecule has 1 N–H and O–H groups in total. The van der Waals surface area contributed by atoms with E-state index in [2.05, 4.69) is 19.2 Å². The average molecular weight is 231 g/mol. The minimum atomic E-state index is -4.14. The Morgan fingerprint density at radius 1 is 1.12 bits per heavy atom. The maximum atomic E-state index is 11.9. The van der Waals surface area contributed by atoms with E-state index < -0.39 is 12.7 Å². The van der Waals surface area contributed by atoms with Gasteiger partial charge >= 0.3 is 6.18 Å². The van der Waals surface area contributed by atoms with Gasteiger partial charge in [-0.2, -0.15) is 13.2 Å². The molecule has 0 aromatic heterocycles. The zero-order valence-electron chi connectivity index (χ0n) is 9.43. The lowest BCUT2D eigenvalue weighted by Crippen LogP contribution is -2.28. The molecule has 0 spiro atoms. The zero-order chi connectivity index (χ0) is 12.2. The van der Waals surface area contributed by atoms with Crippen LogP contribution < -0.4 is 5.32 Å². The fourth-order valence-electron chi connectivity index (χ4n) is 1.37. The van der Waals surface area contributed by atoms with Gasteiger partial charge in [0.2, 0.25) is 0 Å². The molecule has 1 rings (SSSR count). The lowest BCUT2D eigenvalue weighted by atomic mass is 10.0. The van der Waals surface area contributed by atoms with Crippen molar-refractivity contribution in [3.05, 3.63) is 35.4 Å². The van der Waals surface area contributed by atoms with Crippen molar-refractivity contribution in [2.75, 3.05) is 6.54 Å². The third-order valence-corrected chi connectivity index (χ3v) is 2.30. The molecule has 0 fully saturated rings. The van der Waals surface area contributed by atoms with Gasteiger partial charge in [0.25, 0.3) is 0 Å². The molecular formula is C12H16F3N. The van der Waals surface area contributed by atoms with E-state index in [1.807, 2.05) is 24.3 Å². The summed E-state index contributed by atoms with van der Waals surface area (Å²) in [4.78, 5) is 0. The normalized spacial score (nSPS) is 12.1. The first-order valence-electron chi connectivity index (χ1n) is 5.25. The van der Waals surface area contributed by atoms with Gasteiger partial charge < -0.3 is 5.32 Å². The van der Waals surface area contributed by atoms with Gasteiger partial charge in [0.15, 0.2) is 0 Å². The first-order valence-corrected chi connectivity index (χ1v) is 5.25. The van der Waals surface area contributed by atoms with E-state index in [0.717, 1.165) is 5.56 Å². The van der Waals surface area contributed by atoms with E-state index in [0.29, 0.717) is 5.92 Å². The van der Waals surface area contributed by atoms with Crippen LogP contribution in [-0.4, -0.2) is 12.7 Å². The highest BCUT2D eigenvalue weighted by atomic mass is 19.4. The third kappa shape index (κ3) is 4.66. The van der Waals surface area contributed by atoms with E-state index >= 15 is 0 Å². The Hall–Kier alpha value is -1.03. The Kier molecular flexibility index (Phi) is 4.35. The molecule has 0 amide bonds. The van der Waals surface area contributed by atoms with E-state index in [-0.39, 0.29) is 6.54 Å². The SMILES string of the molecule is CC(C)c1ccc(CNCC(F)(F)F)cc1. The lowest BCUT2D eigenvalue weighted by molar-refractivity contribution is -0.125. The van der Waals surface area contributed by atoms with E-state index in [9.17, 15) is 13.2 Å². The zero-order valence-corrected chi connectivity index (χ0v) is 9.43. The van der Waals surface area contributed by atoms with Crippen molar-refractivity contribution in [2.24, 2.45) is 0 Å². The average Bonchev–Trinajstić information content (AvgIpc) is 2.16. The van der Waals surface area contributed by atoms with Crippen molar-refractivity contribution < 1.29 is 13.2 Å². The molecular weight excluding hydrogens is 215 g/mol. The Bertz CT molecular complexity index is 314. The maximum Gasteiger partial charge on any atom is 0.401 e. The molecule has 0 saturated heterocycles. The second-order valence-electron chi connectivity index (χ2n) is 4.12. The number of rotatable bonds is 4. The molecule has 0 atom stereocenters. The molecule has 0 aliphatic carbocycles. The molecule has 4 heteroatoms. The fraction of sp³-hybridized carbons (Fsp3) is 0.500. The lowest BCUT2D eigenvalue weighted by Gasteiger charge is -2.09. The molecule has 1 aromatic carbocycles. The van der Waals surface area contributed by atoms with Gasteiger partial charge in [-0.3, -0.25) is 0 Å². The first-order chi connectivity index (χ1) is 7.38. The number of halogens is 3. The second kappa shape index (κ2) is 5.34. The van der Waals surface area contributed by atoms with Crippen molar-refractivity contribution in [3.8, 4) is 0 Å². The molecule has 0 heterocycles. The highest BCUT2D eigenvalue weighted by Gasteiger charge is 2.25. The third-order valence-electron chi connectivity index (χ3n) is 2.30.